The molecule has 0 aliphatic rings. The Bertz CT molecular complexity index is 347. The number of carbonyl (C=O) groups excluding carboxylic acids is 1. The fraction of sp³-hybridized carbons (Fsp3) is 0.700. The van der Waals surface area contributed by atoms with Crippen molar-refractivity contribution in [2.75, 3.05) is 0 Å². The van der Waals surface area contributed by atoms with Crippen LogP contribution in [-0.4, -0.2) is 26.7 Å². The van der Waals surface area contributed by atoms with Gasteiger partial charge in [0, 0.05) is 7.05 Å². The van der Waals surface area contributed by atoms with E-state index in [1.54, 1.807) is 18.1 Å². The van der Waals surface area contributed by atoms with Gasteiger partial charge in [0.25, 0.3) is 0 Å². The maximum atomic E-state index is 11.6. The molecule has 6 heteroatoms. The standard InChI is InChI=1S/C10H19N5O/c1-7(2)4-8(11)10(16)12-5-9-13-6-15(3)14-9/h6-8H,4-5,11H2,1-3H3,(H,12,16). The fourth-order valence-electron chi connectivity index (χ4n) is 1.38. The lowest BCUT2D eigenvalue weighted by Gasteiger charge is -2.13. The van der Waals surface area contributed by atoms with Crippen molar-refractivity contribution in [2.24, 2.45) is 18.7 Å². The van der Waals surface area contributed by atoms with Gasteiger partial charge < -0.3 is 11.1 Å². The van der Waals surface area contributed by atoms with Crippen molar-refractivity contribution in [3.8, 4) is 0 Å². The minimum Gasteiger partial charge on any atom is -0.347 e. The lowest BCUT2D eigenvalue weighted by Crippen LogP contribution is -2.41. The summed E-state index contributed by atoms with van der Waals surface area (Å²) in [5.41, 5.74) is 5.73. The summed E-state index contributed by atoms with van der Waals surface area (Å²) >= 11 is 0. The van der Waals surface area contributed by atoms with Crippen molar-refractivity contribution in [2.45, 2.75) is 32.9 Å². The summed E-state index contributed by atoms with van der Waals surface area (Å²) in [7, 11) is 1.78. The van der Waals surface area contributed by atoms with Gasteiger partial charge in [-0.25, -0.2) is 4.98 Å². The Morgan fingerprint density at radius 2 is 2.31 bits per heavy atom. The third-order valence-corrected chi connectivity index (χ3v) is 2.13. The number of aromatic nitrogens is 3. The highest BCUT2D eigenvalue weighted by Gasteiger charge is 2.14. The molecule has 1 aromatic heterocycles. The zero-order chi connectivity index (χ0) is 12.1. The molecule has 1 amide bonds. The molecule has 3 N–H and O–H groups in total. The molecule has 1 atom stereocenters. The summed E-state index contributed by atoms with van der Waals surface area (Å²) in [4.78, 5) is 15.6. The van der Waals surface area contributed by atoms with Crippen LogP contribution in [0.2, 0.25) is 0 Å². The average Bonchev–Trinajstić information content (AvgIpc) is 2.59. The minimum atomic E-state index is -0.455. The predicted molar refractivity (Wildman–Crippen MR) is 60.3 cm³/mol. The molecule has 1 aromatic rings. The maximum absolute atomic E-state index is 11.6. The van der Waals surface area contributed by atoms with Gasteiger partial charge in [0.1, 0.15) is 6.33 Å². The Labute approximate surface area is 95.2 Å². The first-order valence-electron chi connectivity index (χ1n) is 5.37. The first kappa shape index (κ1) is 12.6. The Morgan fingerprint density at radius 1 is 1.62 bits per heavy atom. The summed E-state index contributed by atoms with van der Waals surface area (Å²) in [5, 5.41) is 6.77. The molecule has 6 nitrogen and oxygen atoms in total. The fourth-order valence-corrected chi connectivity index (χ4v) is 1.38. The Balaban J connectivity index is 2.35. The normalized spacial score (nSPS) is 12.8. The van der Waals surface area contributed by atoms with Gasteiger partial charge in [-0.05, 0) is 12.3 Å². The van der Waals surface area contributed by atoms with Crippen molar-refractivity contribution in [3.05, 3.63) is 12.2 Å². The Morgan fingerprint density at radius 3 is 2.81 bits per heavy atom. The van der Waals surface area contributed by atoms with Gasteiger partial charge in [-0.1, -0.05) is 13.8 Å². The van der Waals surface area contributed by atoms with Crippen LogP contribution >= 0.6 is 0 Å². The third-order valence-electron chi connectivity index (χ3n) is 2.13. The highest BCUT2D eigenvalue weighted by Crippen LogP contribution is 2.02. The first-order valence-corrected chi connectivity index (χ1v) is 5.37. The largest absolute Gasteiger partial charge is 0.347 e. The van der Waals surface area contributed by atoms with Gasteiger partial charge in [-0.2, -0.15) is 5.10 Å². The molecular weight excluding hydrogens is 206 g/mol. The van der Waals surface area contributed by atoms with Crippen LogP contribution in [-0.2, 0) is 18.4 Å². The number of aryl methyl sites for hydroxylation is 1. The van der Waals surface area contributed by atoms with Gasteiger partial charge in [-0.15, -0.1) is 0 Å². The average molecular weight is 225 g/mol. The molecule has 0 fully saturated rings. The summed E-state index contributed by atoms with van der Waals surface area (Å²) in [6.45, 7) is 4.40. The molecule has 16 heavy (non-hydrogen) atoms. The van der Waals surface area contributed by atoms with Crippen molar-refractivity contribution >= 4 is 5.91 Å². The summed E-state index contributed by atoms with van der Waals surface area (Å²) < 4.78 is 1.59. The molecule has 90 valence electrons. The second kappa shape index (κ2) is 5.60. The molecule has 0 bridgehead atoms. The van der Waals surface area contributed by atoms with Gasteiger partial charge in [0.05, 0.1) is 12.6 Å². The highest BCUT2D eigenvalue weighted by atomic mass is 16.2. The number of hydrogen-bond donors (Lipinski definition) is 2. The number of nitrogens with zero attached hydrogens (tertiary/aromatic N) is 3. The number of carbonyl (C=O) groups is 1. The Hall–Kier alpha value is -1.43. The van der Waals surface area contributed by atoms with Crippen LogP contribution in [0.1, 0.15) is 26.1 Å². The van der Waals surface area contributed by atoms with E-state index in [4.69, 9.17) is 5.73 Å². The zero-order valence-electron chi connectivity index (χ0n) is 9.97. The number of amides is 1. The molecule has 0 aliphatic heterocycles. The van der Waals surface area contributed by atoms with Crippen molar-refractivity contribution < 1.29 is 4.79 Å². The first-order chi connectivity index (χ1) is 7.49. The Kier molecular flexibility index (Phi) is 4.42. The van der Waals surface area contributed by atoms with Gasteiger partial charge in [0.2, 0.25) is 5.91 Å². The summed E-state index contributed by atoms with van der Waals surface area (Å²) in [6.07, 6.45) is 2.27. The van der Waals surface area contributed by atoms with Crippen molar-refractivity contribution in [3.63, 3.8) is 0 Å². The topological polar surface area (TPSA) is 85.8 Å². The van der Waals surface area contributed by atoms with E-state index in [9.17, 15) is 4.79 Å². The second-order valence-corrected chi connectivity index (χ2v) is 4.29. The quantitative estimate of drug-likeness (QED) is 0.727. The van der Waals surface area contributed by atoms with Crippen LogP contribution < -0.4 is 11.1 Å². The van der Waals surface area contributed by atoms with Crippen LogP contribution in [0.25, 0.3) is 0 Å². The molecule has 0 spiro atoms. The van der Waals surface area contributed by atoms with E-state index in [-0.39, 0.29) is 5.91 Å². The van der Waals surface area contributed by atoms with Crippen LogP contribution in [0.4, 0.5) is 0 Å². The molecule has 0 radical (unpaired) electrons. The number of hydrogen-bond acceptors (Lipinski definition) is 4. The number of nitrogens with one attached hydrogen (secondary N) is 1. The molecule has 0 saturated heterocycles. The maximum Gasteiger partial charge on any atom is 0.237 e. The molecule has 0 aromatic carbocycles. The molecule has 0 saturated carbocycles. The van der Waals surface area contributed by atoms with Crippen molar-refractivity contribution in [1.82, 2.24) is 20.1 Å². The zero-order valence-corrected chi connectivity index (χ0v) is 9.97. The SMILES string of the molecule is CC(C)CC(N)C(=O)NCc1ncn(C)n1. The minimum absolute atomic E-state index is 0.152. The molecule has 0 aliphatic carbocycles. The summed E-state index contributed by atoms with van der Waals surface area (Å²) in [5.74, 6) is 0.850. The number of nitrogens with two attached hydrogens (primary N) is 1. The van der Waals surface area contributed by atoms with Crippen LogP contribution in [0.3, 0.4) is 0 Å². The molecule has 1 heterocycles. The van der Waals surface area contributed by atoms with E-state index < -0.39 is 6.04 Å². The third kappa shape index (κ3) is 3.98. The van der Waals surface area contributed by atoms with Crippen LogP contribution in [0.5, 0.6) is 0 Å². The monoisotopic (exact) mass is 225 g/mol. The van der Waals surface area contributed by atoms with E-state index in [0.717, 1.165) is 0 Å². The molecule has 1 unspecified atom stereocenters. The van der Waals surface area contributed by atoms with E-state index in [1.165, 1.54) is 0 Å². The van der Waals surface area contributed by atoms with Gasteiger partial charge >= 0.3 is 0 Å². The van der Waals surface area contributed by atoms with E-state index in [2.05, 4.69) is 15.4 Å². The molecular formula is C10H19N5O. The second-order valence-electron chi connectivity index (χ2n) is 4.29. The van der Waals surface area contributed by atoms with E-state index in [0.29, 0.717) is 24.7 Å². The summed E-state index contributed by atoms with van der Waals surface area (Å²) in [6, 6.07) is -0.455. The van der Waals surface area contributed by atoms with Crippen LogP contribution in [0, 0.1) is 5.92 Å². The predicted octanol–water partition coefficient (Wildman–Crippen LogP) is -0.195. The molecule has 1 rings (SSSR count). The highest BCUT2D eigenvalue weighted by molar-refractivity contribution is 5.81. The van der Waals surface area contributed by atoms with Crippen molar-refractivity contribution in [1.29, 1.82) is 0 Å². The van der Waals surface area contributed by atoms with E-state index >= 15 is 0 Å². The number of rotatable bonds is 5. The van der Waals surface area contributed by atoms with Gasteiger partial charge in [0.15, 0.2) is 5.82 Å². The van der Waals surface area contributed by atoms with E-state index in [1.807, 2.05) is 13.8 Å². The lowest BCUT2D eigenvalue weighted by molar-refractivity contribution is -0.122. The van der Waals surface area contributed by atoms with Gasteiger partial charge in [-0.3, -0.25) is 9.48 Å². The van der Waals surface area contributed by atoms with Crippen LogP contribution in [0.15, 0.2) is 6.33 Å². The lowest BCUT2D eigenvalue weighted by atomic mass is 10.0. The smallest absolute Gasteiger partial charge is 0.237 e.